The zero-order valence-corrected chi connectivity index (χ0v) is 25.1. The molecule has 1 unspecified atom stereocenters. The van der Waals surface area contributed by atoms with Crippen molar-refractivity contribution < 1.29 is 14.3 Å². The largest absolute Gasteiger partial charge is 0.453 e. The lowest BCUT2D eigenvalue weighted by atomic mass is 9.98. The highest BCUT2D eigenvalue weighted by molar-refractivity contribution is 6.07. The quantitative estimate of drug-likeness (QED) is 0.204. The van der Waals surface area contributed by atoms with E-state index in [4.69, 9.17) is 9.97 Å². The third-order valence-electron chi connectivity index (χ3n) is 8.59. The Morgan fingerprint density at radius 2 is 1.61 bits per heavy atom. The molecular formula is C34H35N7O3. The van der Waals surface area contributed by atoms with Crippen LogP contribution in [0.4, 0.5) is 4.79 Å². The lowest BCUT2D eigenvalue weighted by molar-refractivity contribution is -0.138. The fraction of sp³-hybridized carbons (Fsp3) is 0.294. The molecule has 7 rings (SSSR count). The van der Waals surface area contributed by atoms with Gasteiger partial charge >= 0.3 is 6.09 Å². The highest BCUT2D eigenvalue weighted by atomic mass is 16.5. The molecule has 4 aromatic carbocycles. The number of hydrogen-bond donors (Lipinski definition) is 3. The average Bonchev–Trinajstić information content (AvgIpc) is 3.62. The number of H-pyrrole nitrogens is 2. The molecule has 2 amide bonds. The number of ether oxygens (including phenoxy) is 1. The van der Waals surface area contributed by atoms with Gasteiger partial charge in [0, 0.05) is 17.3 Å². The van der Waals surface area contributed by atoms with Crippen LogP contribution in [0.5, 0.6) is 0 Å². The van der Waals surface area contributed by atoms with E-state index in [9.17, 15) is 9.59 Å². The smallest absolute Gasteiger partial charge is 0.407 e. The SMILES string of the molecule is CCCN(C)Cc1nc2c(ccc3cc(-c4ccc5c(ccc6[nH]c(C7CCN7C(=O)CNC(=O)OC)nc65)c4)ccc32)[nH]1. The number of nitrogens with one attached hydrogen (secondary N) is 3. The Labute approximate surface area is 254 Å². The first-order valence-corrected chi connectivity index (χ1v) is 15.1. The van der Waals surface area contributed by atoms with Crippen molar-refractivity contribution in [3.05, 3.63) is 72.3 Å². The van der Waals surface area contributed by atoms with Crippen LogP contribution in [0.15, 0.2) is 60.7 Å². The molecule has 1 aliphatic rings. The molecular weight excluding hydrogens is 554 g/mol. The Hall–Kier alpha value is -4.96. The van der Waals surface area contributed by atoms with Crippen molar-refractivity contribution in [1.82, 2.24) is 35.1 Å². The molecule has 6 aromatic rings. The average molecular weight is 590 g/mol. The van der Waals surface area contributed by atoms with Gasteiger partial charge in [0.2, 0.25) is 5.91 Å². The van der Waals surface area contributed by atoms with E-state index in [-0.39, 0.29) is 18.5 Å². The van der Waals surface area contributed by atoms with Crippen LogP contribution in [-0.4, -0.2) is 75.5 Å². The molecule has 0 aliphatic carbocycles. The van der Waals surface area contributed by atoms with Gasteiger partial charge in [0.15, 0.2) is 0 Å². The minimum atomic E-state index is -0.622. The molecule has 0 bridgehead atoms. The molecule has 10 heteroatoms. The Morgan fingerprint density at radius 3 is 2.23 bits per heavy atom. The molecule has 224 valence electrons. The highest BCUT2D eigenvalue weighted by Gasteiger charge is 2.35. The number of alkyl carbamates (subject to hydrolysis) is 1. The van der Waals surface area contributed by atoms with Crippen molar-refractivity contribution in [2.75, 3.05) is 33.8 Å². The van der Waals surface area contributed by atoms with Gasteiger partial charge in [-0.25, -0.2) is 14.8 Å². The van der Waals surface area contributed by atoms with E-state index in [2.05, 4.69) is 93.5 Å². The van der Waals surface area contributed by atoms with Crippen molar-refractivity contribution in [3.63, 3.8) is 0 Å². The Morgan fingerprint density at radius 1 is 0.955 bits per heavy atom. The van der Waals surface area contributed by atoms with Crippen LogP contribution in [-0.2, 0) is 16.1 Å². The standard InChI is InChI=1S/C34H35N7O3/c1-4-14-40(2)19-29-36-26-11-7-22-16-20(5-9-24(22)31(26)38-29)21-6-10-25-23(17-21)8-12-27-32(25)39-33(37-27)28-13-15-41(28)30(42)18-35-34(43)44-3/h5-12,16-17,28H,4,13-15,18-19H2,1-3H3,(H,35,43)(H,36,38)(H,37,39). The summed E-state index contributed by atoms with van der Waals surface area (Å²) >= 11 is 0. The van der Waals surface area contributed by atoms with Crippen molar-refractivity contribution in [2.45, 2.75) is 32.4 Å². The maximum atomic E-state index is 12.6. The lowest BCUT2D eigenvalue weighted by Crippen LogP contribution is -2.49. The summed E-state index contributed by atoms with van der Waals surface area (Å²) in [5.74, 6) is 1.58. The van der Waals surface area contributed by atoms with Crippen LogP contribution in [0.1, 0.15) is 37.5 Å². The van der Waals surface area contributed by atoms with E-state index in [0.29, 0.717) is 6.54 Å². The van der Waals surface area contributed by atoms with Crippen molar-refractivity contribution in [1.29, 1.82) is 0 Å². The Bertz CT molecular complexity index is 2050. The van der Waals surface area contributed by atoms with Gasteiger partial charge < -0.3 is 24.9 Å². The van der Waals surface area contributed by atoms with Gasteiger partial charge in [-0.15, -0.1) is 0 Å². The van der Waals surface area contributed by atoms with E-state index >= 15 is 0 Å². The number of aromatic nitrogens is 4. The fourth-order valence-electron chi connectivity index (χ4n) is 6.27. The second-order valence-corrected chi connectivity index (χ2v) is 11.6. The first-order chi connectivity index (χ1) is 21.4. The second-order valence-electron chi connectivity index (χ2n) is 11.6. The third kappa shape index (κ3) is 5.01. The number of benzene rings is 4. The molecule has 2 aromatic heterocycles. The molecule has 44 heavy (non-hydrogen) atoms. The van der Waals surface area contributed by atoms with Crippen LogP contribution in [0, 0.1) is 0 Å². The summed E-state index contributed by atoms with van der Waals surface area (Å²) in [5, 5.41) is 6.91. The number of rotatable bonds is 8. The number of carbonyl (C=O) groups is 2. The number of fused-ring (bicyclic) bond motifs is 6. The molecule has 0 radical (unpaired) electrons. The van der Waals surface area contributed by atoms with Crippen LogP contribution in [0.2, 0.25) is 0 Å². The van der Waals surface area contributed by atoms with Crippen molar-refractivity contribution in [2.24, 2.45) is 0 Å². The summed E-state index contributed by atoms with van der Waals surface area (Å²) in [5.41, 5.74) is 6.16. The van der Waals surface area contributed by atoms with Gasteiger partial charge in [-0.2, -0.15) is 0 Å². The normalized spacial score (nSPS) is 15.0. The molecule has 1 aliphatic heterocycles. The Balaban J connectivity index is 1.15. The fourth-order valence-corrected chi connectivity index (χ4v) is 6.27. The number of hydrogen-bond acceptors (Lipinski definition) is 6. The van der Waals surface area contributed by atoms with E-state index in [1.165, 1.54) is 7.11 Å². The predicted molar refractivity (Wildman–Crippen MR) is 172 cm³/mol. The first kappa shape index (κ1) is 27.8. The topological polar surface area (TPSA) is 119 Å². The summed E-state index contributed by atoms with van der Waals surface area (Å²) in [6, 6.07) is 21.3. The van der Waals surface area contributed by atoms with E-state index in [0.717, 1.165) is 92.3 Å². The number of nitrogens with zero attached hydrogens (tertiary/aromatic N) is 4. The maximum absolute atomic E-state index is 12.6. The maximum Gasteiger partial charge on any atom is 0.407 e. The number of methoxy groups -OCH3 is 1. The number of amides is 2. The van der Waals surface area contributed by atoms with E-state index < -0.39 is 6.09 Å². The van der Waals surface area contributed by atoms with Crippen LogP contribution in [0.25, 0.3) is 54.7 Å². The lowest BCUT2D eigenvalue weighted by Gasteiger charge is -2.39. The summed E-state index contributed by atoms with van der Waals surface area (Å²) < 4.78 is 4.57. The van der Waals surface area contributed by atoms with E-state index in [1.54, 1.807) is 4.90 Å². The zero-order chi connectivity index (χ0) is 30.4. The first-order valence-electron chi connectivity index (χ1n) is 15.1. The van der Waals surface area contributed by atoms with Gasteiger partial charge in [0.25, 0.3) is 0 Å². The monoisotopic (exact) mass is 589 g/mol. The minimum Gasteiger partial charge on any atom is -0.453 e. The van der Waals surface area contributed by atoms with E-state index in [1.807, 2.05) is 6.07 Å². The van der Waals surface area contributed by atoms with Gasteiger partial charge in [-0.1, -0.05) is 43.3 Å². The van der Waals surface area contributed by atoms with Crippen LogP contribution in [0.3, 0.4) is 0 Å². The van der Waals surface area contributed by atoms with Crippen molar-refractivity contribution >= 4 is 55.6 Å². The molecule has 0 saturated carbocycles. The van der Waals surface area contributed by atoms with Crippen LogP contribution >= 0.6 is 0 Å². The van der Waals surface area contributed by atoms with Crippen LogP contribution < -0.4 is 5.32 Å². The number of likely N-dealkylation sites (tertiary alicyclic amines) is 1. The molecule has 1 saturated heterocycles. The molecule has 3 N–H and O–H groups in total. The summed E-state index contributed by atoms with van der Waals surface area (Å²) in [4.78, 5) is 44.8. The summed E-state index contributed by atoms with van der Waals surface area (Å²) in [6.45, 7) is 4.55. The number of aromatic amines is 2. The zero-order valence-electron chi connectivity index (χ0n) is 25.1. The van der Waals surface area contributed by atoms with Gasteiger partial charge in [-0.3, -0.25) is 9.69 Å². The highest BCUT2D eigenvalue weighted by Crippen LogP contribution is 2.36. The minimum absolute atomic E-state index is 0.103. The number of imidazole rings is 2. The second kappa shape index (κ2) is 11.3. The summed E-state index contributed by atoms with van der Waals surface area (Å²) in [7, 11) is 3.40. The molecule has 3 heterocycles. The molecule has 1 atom stereocenters. The number of carbonyl (C=O) groups excluding carboxylic acids is 2. The molecule has 0 spiro atoms. The van der Waals surface area contributed by atoms with Gasteiger partial charge in [0.1, 0.15) is 18.2 Å². The molecule has 10 nitrogen and oxygen atoms in total. The molecule has 1 fully saturated rings. The van der Waals surface area contributed by atoms with Gasteiger partial charge in [-0.05, 0) is 72.6 Å². The van der Waals surface area contributed by atoms with Gasteiger partial charge in [0.05, 0.1) is 41.8 Å². The summed E-state index contributed by atoms with van der Waals surface area (Å²) in [6.07, 6.45) is 1.31. The van der Waals surface area contributed by atoms with Crippen molar-refractivity contribution in [3.8, 4) is 11.1 Å². The third-order valence-corrected chi connectivity index (χ3v) is 8.59. The predicted octanol–water partition coefficient (Wildman–Crippen LogP) is 5.88. The Kier molecular flexibility index (Phi) is 7.14.